The molecule has 1 aliphatic rings. The minimum atomic E-state index is -0.207. The number of benzene rings is 2. The fourth-order valence-electron chi connectivity index (χ4n) is 3.32. The summed E-state index contributed by atoms with van der Waals surface area (Å²) >= 11 is 0. The number of rotatable bonds is 4. The van der Waals surface area contributed by atoms with Crippen molar-refractivity contribution >= 4 is 17.4 Å². The zero-order chi connectivity index (χ0) is 18.6. The van der Waals surface area contributed by atoms with E-state index in [9.17, 15) is 4.79 Å². The van der Waals surface area contributed by atoms with E-state index in [4.69, 9.17) is 4.74 Å². The molecule has 0 unspecified atom stereocenters. The number of fused-ring (bicyclic) bond motifs is 1. The van der Waals surface area contributed by atoms with Gasteiger partial charge in [0.25, 0.3) is 5.91 Å². The van der Waals surface area contributed by atoms with Gasteiger partial charge in [0, 0.05) is 18.7 Å². The van der Waals surface area contributed by atoms with Crippen LogP contribution in [0.4, 0.5) is 11.5 Å². The van der Waals surface area contributed by atoms with E-state index in [-0.39, 0.29) is 5.91 Å². The Morgan fingerprint density at radius 2 is 1.93 bits per heavy atom. The third-order valence-corrected chi connectivity index (χ3v) is 4.82. The van der Waals surface area contributed by atoms with Crippen molar-refractivity contribution in [3.63, 3.8) is 0 Å². The Morgan fingerprint density at radius 1 is 1.07 bits per heavy atom. The summed E-state index contributed by atoms with van der Waals surface area (Å²) in [6, 6.07) is 19.4. The van der Waals surface area contributed by atoms with Gasteiger partial charge in [-0.1, -0.05) is 30.3 Å². The molecule has 1 aromatic heterocycles. The van der Waals surface area contributed by atoms with Crippen molar-refractivity contribution in [3.05, 3.63) is 83.6 Å². The maximum Gasteiger partial charge on any atom is 0.256 e. The van der Waals surface area contributed by atoms with E-state index in [1.165, 1.54) is 11.1 Å². The molecule has 1 aliphatic heterocycles. The van der Waals surface area contributed by atoms with Gasteiger partial charge < -0.3 is 15.0 Å². The van der Waals surface area contributed by atoms with Gasteiger partial charge in [-0.15, -0.1) is 0 Å². The van der Waals surface area contributed by atoms with Gasteiger partial charge in [0.2, 0.25) is 0 Å². The lowest BCUT2D eigenvalue weighted by molar-refractivity contribution is 0.102. The minimum absolute atomic E-state index is 0.207. The molecule has 2 aromatic carbocycles. The lowest BCUT2D eigenvalue weighted by Gasteiger charge is -2.30. The third kappa shape index (κ3) is 3.77. The fourth-order valence-corrected chi connectivity index (χ4v) is 3.32. The average molecular weight is 359 g/mol. The highest BCUT2D eigenvalue weighted by Crippen LogP contribution is 2.24. The molecular weight excluding hydrogens is 338 g/mol. The van der Waals surface area contributed by atoms with E-state index in [0.29, 0.717) is 17.1 Å². The highest BCUT2D eigenvalue weighted by Gasteiger charge is 2.16. The molecule has 1 amide bonds. The molecule has 0 radical (unpaired) electrons. The highest BCUT2D eigenvalue weighted by molar-refractivity contribution is 6.04. The Hall–Kier alpha value is -3.34. The third-order valence-electron chi connectivity index (χ3n) is 4.82. The topological polar surface area (TPSA) is 54.5 Å². The first-order valence-corrected chi connectivity index (χ1v) is 8.96. The maximum atomic E-state index is 12.4. The SMILES string of the molecule is COc1cccc(C(=O)Nc2ccc(N3CCc4ccccc4C3)cn2)c1. The quantitative estimate of drug-likeness (QED) is 0.767. The van der Waals surface area contributed by atoms with Gasteiger partial charge in [0.05, 0.1) is 19.0 Å². The summed E-state index contributed by atoms with van der Waals surface area (Å²) in [6.07, 6.45) is 2.85. The van der Waals surface area contributed by atoms with E-state index in [1.54, 1.807) is 31.4 Å². The molecule has 0 saturated carbocycles. The molecule has 0 aliphatic carbocycles. The van der Waals surface area contributed by atoms with Crippen molar-refractivity contribution in [2.75, 3.05) is 23.9 Å². The second-order valence-corrected chi connectivity index (χ2v) is 6.53. The second-order valence-electron chi connectivity index (χ2n) is 6.53. The van der Waals surface area contributed by atoms with Crippen LogP contribution in [0.5, 0.6) is 5.75 Å². The molecule has 0 spiro atoms. The maximum absolute atomic E-state index is 12.4. The molecule has 3 aromatic rings. The smallest absolute Gasteiger partial charge is 0.256 e. The first kappa shape index (κ1) is 17.1. The van der Waals surface area contributed by atoms with Gasteiger partial charge in [-0.3, -0.25) is 4.79 Å². The number of hydrogen-bond donors (Lipinski definition) is 1. The molecule has 5 nitrogen and oxygen atoms in total. The summed E-state index contributed by atoms with van der Waals surface area (Å²) in [5, 5.41) is 2.83. The number of carbonyl (C=O) groups is 1. The number of aromatic nitrogens is 1. The first-order valence-electron chi connectivity index (χ1n) is 8.96. The second kappa shape index (κ2) is 7.50. The molecule has 136 valence electrons. The minimum Gasteiger partial charge on any atom is -0.497 e. The number of anilines is 2. The molecule has 27 heavy (non-hydrogen) atoms. The van der Waals surface area contributed by atoms with Crippen LogP contribution < -0.4 is 15.0 Å². The van der Waals surface area contributed by atoms with Gasteiger partial charge in [0.1, 0.15) is 11.6 Å². The number of hydrogen-bond acceptors (Lipinski definition) is 4. The average Bonchev–Trinajstić information content (AvgIpc) is 2.74. The van der Waals surface area contributed by atoms with Crippen LogP contribution in [-0.4, -0.2) is 24.5 Å². The molecule has 0 atom stereocenters. The van der Waals surface area contributed by atoms with Crippen LogP contribution in [0, 0.1) is 0 Å². The largest absolute Gasteiger partial charge is 0.497 e. The van der Waals surface area contributed by atoms with Crippen LogP contribution in [0.15, 0.2) is 66.9 Å². The number of nitrogens with zero attached hydrogens (tertiary/aromatic N) is 2. The summed E-state index contributed by atoms with van der Waals surface area (Å²) in [7, 11) is 1.58. The lowest BCUT2D eigenvalue weighted by Crippen LogP contribution is -2.30. The van der Waals surface area contributed by atoms with Crippen molar-refractivity contribution in [1.29, 1.82) is 0 Å². The van der Waals surface area contributed by atoms with Gasteiger partial charge in [0.15, 0.2) is 0 Å². The van der Waals surface area contributed by atoms with E-state index >= 15 is 0 Å². The van der Waals surface area contributed by atoms with E-state index < -0.39 is 0 Å². The van der Waals surface area contributed by atoms with Gasteiger partial charge >= 0.3 is 0 Å². The highest BCUT2D eigenvalue weighted by atomic mass is 16.5. The number of amides is 1. The zero-order valence-corrected chi connectivity index (χ0v) is 15.2. The molecular formula is C22H21N3O2. The van der Waals surface area contributed by atoms with Crippen LogP contribution in [0.3, 0.4) is 0 Å². The van der Waals surface area contributed by atoms with Crippen LogP contribution >= 0.6 is 0 Å². The van der Waals surface area contributed by atoms with Crippen molar-refractivity contribution in [2.45, 2.75) is 13.0 Å². The van der Waals surface area contributed by atoms with Gasteiger partial charge in [-0.2, -0.15) is 0 Å². The summed E-state index contributed by atoms with van der Waals surface area (Å²) in [4.78, 5) is 19.1. The van der Waals surface area contributed by atoms with Crippen LogP contribution in [-0.2, 0) is 13.0 Å². The van der Waals surface area contributed by atoms with E-state index in [1.807, 2.05) is 18.3 Å². The van der Waals surface area contributed by atoms with Crippen LogP contribution in [0.1, 0.15) is 21.5 Å². The summed E-state index contributed by atoms with van der Waals surface area (Å²) in [5.41, 5.74) is 4.37. The Labute approximate surface area is 158 Å². The summed E-state index contributed by atoms with van der Waals surface area (Å²) < 4.78 is 5.16. The number of pyridine rings is 1. The van der Waals surface area contributed by atoms with Crippen molar-refractivity contribution in [2.24, 2.45) is 0 Å². The van der Waals surface area contributed by atoms with Crippen molar-refractivity contribution in [3.8, 4) is 5.75 Å². The number of methoxy groups -OCH3 is 1. The monoisotopic (exact) mass is 359 g/mol. The molecule has 0 saturated heterocycles. The Bertz CT molecular complexity index is 954. The first-order chi connectivity index (χ1) is 13.2. The van der Waals surface area contributed by atoms with Gasteiger partial charge in [-0.25, -0.2) is 4.98 Å². The van der Waals surface area contributed by atoms with Crippen LogP contribution in [0.2, 0.25) is 0 Å². The van der Waals surface area contributed by atoms with E-state index in [2.05, 4.69) is 39.5 Å². The predicted octanol–water partition coefficient (Wildman–Crippen LogP) is 3.91. The standard InChI is InChI=1S/C22H21N3O2/c1-27-20-8-4-7-17(13-20)22(26)24-21-10-9-19(14-23-21)25-12-11-16-5-2-3-6-18(16)15-25/h2-10,13-14H,11-12,15H2,1H3,(H,23,24,26). The summed E-state index contributed by atoms with van der Waals surface area (Å²) in [5.74, 6) is 0.973. The van der Waals surface area contributed by atoms with Crippen molar-refractivity contribution < 1.29 is 9.53 Å². The number of carbonyl (C=O) groups excluding carboxylic acids is 1. The van der Waals surface area contributed by atoms with Crippen molar-refractivity contribution in [1.82, 2.24) is 4.98 Å². The normalized spacial score (nSPS) is 13.0. The molecule has 2 heterocycles. The van der Waals surface area contributed by atoms with Crippen LogP contribution in [0.25, 0.3) is 0 Å². The number of ether oxygens (including phenoxy) is 1. The number of nitrogens with one attached hydrogen (secondary N) is 1. The molecule has 0 fully saturated rings. The predicted molar refractivity (Wildman–Crippen MR) is 106 cm³/mol. The molecule has 5 heteroatoms. The Balaban J connectivity index is 1.44. The Morgan fingerprint density at radius 3 is 2.70 bits per heavy atom. The molecule has 4 rings (SSSR count). The molecule has 0 bridgehead atoms. The Kier molecular flexibility index (Phi) is 4.75. The molecule has 1 N–H and O–H groups in total. The summed E-state index contributed by atoms with van der Waals surface area (Å²) in [6.45, 7) is 1.85. The lowest BCUT2D eigenvalue weighted by atomic mass is 10.00. The van der Waals surface area contributed by atoms with E-state index in [0.717, 1.165) is 25.2 Å². The zero-order valence-electron chi connectivity index (χ0n) is 15.2. The fraction of sp³-hybridized carbons (Fsp3) is 0.182. The van der Waals surface area contributed by atoms with Gasteiger partial charge in [-0.05, 0) is 47.9 Å².